The summed E-state index contributed by atoms with van der Waals surface area (Å²) < 4.78 is 5.19. The SMILES string of the molecule is COc1ccc(N2CCN(CC(=O)NCCC(C)C)CC2)cc1. The molecule has 1 heterocycles. The third-order valence-electron chi connectivity index (χ3n) is 4.22. The van der Waals surface area contributed by atoms with Crippen molar-refractivity contribution in [3.63, 3.8) is 0 Å². The Balaban J connectivity index is 1.71. The zero-order valence-electron chi connectivity index (χ0n) is 14.5. The van der Waals surface area contributed by atoms with Gasteiger partial charge in [0.25, 0.3) is 0 Å². The average Bonchev–Trinajstić information content (AvgIpc) is 2.55. The van der Waals surface area contributed by atoms with Crippen LogP contribution in [0, 0.1) is 5.92 Å². The van der Waals surface area contributed by atoms with E-state index in [1.54, 1.807) is 7.11 Å². The molecule has 1 aliphatic heterocycles. The van der Waals surface area contributed by atoms with E-state index in [9.17, 15) is 4.79 Å². The second-order valence-corrected chi connectivity index (χ2v) is 6.49. The van der Waals surface area contributed by atoms with Gasteiger partial charge in [-0.1, -0.05) is 13.8 Å². The summed E-state index contributed by atoms with van der Waals surface area (Å²) in [6.45, 7) is 9.37. The van der Waals surface area contributed by atoms with Gasteiger partial charge in [-0.2, -0.15) is 0 Å². The Morgan fingerprint density at radius 2 is 1.83 bits per heavy atom. The molecule has 23 heavy (non-hydrogen) atoms. The minimum atomic E-state index is 0.142. The van der Waals surface area contributed by atoms with Crippen LogP contribution in [0.1, 0.15) is 20.3 Å². The van der Waals surface area contributed by atoms with E-state index < -0.39 is 0 Å². The predicted molar refractivity (Wildman–Crippen MR) is 94.1 cm³/mol. The number of nitrogens with zero attached hydrogens (tertiary/aromatic N) is 2. The molecule has 2 rings (SSSR count). The molecule has 1 N–H and O–H groups in total. The van der Waals surface area contributed by atoms with Crippen LogP contribution >= 0.6 is 0 Å². The molecule has 5 nitrogen and oxygen atoms in total. The summed E-state index contributed by atoms with van der Waals surface area (Å²) in [4.78, 5) is 16.5. The lowest BCUT2D eigenvalue weighted by molar-refractivity contribution is -0.122. The molecule has 0 unspecified atom stereocenters. The number of nitrogens with one attached hydrogen (secondary N) is 1. The Morgan fingerprint density at radius 1 is 1.17 bits per heavy atom. The normalized spacial score (nSPS) is 15.7. The van der Waals surface area contributed by atoms with Crippen molar-refractivity contribution < 1.29 is 9.53 Å². The average molecular weight is 319 g/mol. The molecule has 0 atom stereocenters. The van der Waals surface area contributed by atoms with Gasteiger partial charge in [0.2, 0.25) is 5.91 Å². The summed E-state index contributed by atoms with van der Waals surface area (Å²) in [5, 5.41) is 3.01. The summed E-state index contributed by atoms with van der Waals surface area (Å²) in [6, 6.07) is 8.16. The number of hydrogen-bond acceptors (Lipinski definition) is 4. The minimum absolute atomic E-state index is 0.142. The van der Waals surface area contributed by atoms with Gasteiger partial charge in [-0.15, -0.1) is 0 Å². The Bertz CT molecular complexity index is 480. The molecule has 1 fully saturated rings. The van der Waals surface area contributed by atoms with Gasteiger partial charge < -0.3 is 15.0 Å². The van der Waals surface area contributed by atoms with Crippen LogP contribution in [0.15, 0.2) is 24.3 Å². The lowest BCUT2D eigenvalue weighted by Crippen LogP contribution is -2.49. The quantitative estimate of drug-likeness (QED) is 0.835. The molecule has 1 saturated heterocycles. The third-order valence-corrected chi connectivity index (χ3v) is 4.22. The van der Waals surface area contributed by atoms with Gasteiger partial charge >= 0.3 is 0 Å². The van der Waals surface area contributed by atoms with Crippen LogP contribution < -0.4 is 15.0 Å². The Labute approximate surface area is 139 Å². The molecule has 1 aromatic carbocycles. The first-order chi connectivity index (χ1) is 11.1. The molecule has 1 amide bonds. The highest BCUT2D eigenvalue weighted by Crippen LogP contribution is 2.20. The first kappa shape index (κ1) is 17.6. The first-order valence-corrected chi connectivity index (χ1v) is 8.46. The molecule has 0 radical (unpaired) electrons. The smallest absolute Gasteiger partial charge is 0.234 e. The molecule has 1 aliphatic rings. The van der Waals surface area contributed by atoms with Gasteiger partial charge in [0.15, 0.2) is 0 Å². The van der Waals surface area contributed by atoms with Crippen LogP contribution in [0.2, 0.25) is 0 Å². The zero-order valence-corrected chi connectivity index (χ0v) is 14.5. The van der Waals surface area contributed by atoms with Crippen LogP contribution in [-0.2, 0) is 4.79 Å². The minimum Gasteiger partial charge on any atom is -0.497 e. The Kier molecular flexibility index (Phi) is 6.71. The number of hydrogen-bond donors (Lipinski definition) is 1. The summed E-state index contributed by atoms with van der Waals surface area (Å²) >= 11 is 0. The summed E-state index contributed by atoms with van der Waals surface area (Å²) in [6.07, 6.45) is 1.04. The van der Waals surface area contributed by atoms with Crippen molar-refractivity contribution in [3.8, 4) is 5.75 Å². The maximum absolute atomic E-state index is 11.9. The van der Waals surface area contributed by atoms with Crippen LogP contribution in [0.4, 0.5) is 5.69 Å². The largest absolute Gasteiger partial charge is 0.497 e. The van der Waals surface area contributed by atoms with Crippen LogP contribution in [-0.4, -0.2) is 57.2 Å². The van der Waals surface area contributed by atoms with E-state index in [2.05, 4.69) is 41.1 Å². The van der Waals surface area contributed by atoms with Crippen molar-refractivity contribution >= 4 is 11.6 Å². The lowest BCUT2D eigenvalue weighted by Gasteiger charge is -2.35. The van der Waals surface area contributed by atoms with Crippen LogP contribution in [0.5, 0.6) is 5.75 Å². The molecule has 128 valence electrons. The molecule has 0 aromatic heterocycles. The van der Waals surface area contributed by atoms with Crippen LogP contribution in [0.3, 0.4) is 0 Å². The number of amides is 1. The molecular formula is C18H29N3O2. The standard InChI is InChI=1S/C18H29N3O2/c1-15(2)8-9-19-18(22)14-20-10-12-21(13-11-20)16-4-6-17(23-3)7-5-16/h4-7,15H,8-14H2,1-3H3,(H,19,22). The number of rotatable bonds is 7. The van der Waals surface area contributed by atoms with Crippen molar-refractivity contribution in [2.75, 3.05) is 51.3 Å². The second-order valence-electron chi connectivity index (χ2n) is 6.49. The van der Waals surface area contributed by atoms with Gasteiger partial charge in [-0.05, 0) is 36.6 Å². The number of carbonyl (C=O) groups excluding carboxylic acids is 1. The molecule has 1 aromatic rings. The van der Waals surface area contributed by atoms with Gasteiger partial charge in [0.05, 0.1) is 13.7 Å². The highest BCUT2D eigenvalue weighted by Gasteiger charge is 2.19. The Morgan fingerprint density at radius 3 is 2.39 bits per heavy atom. The third kappa shape index (κ3) is 5.75. The maximum Gasteiger partial charge on any atom is 0.234 e. The van der Waals surface area contributed by atoms with E-state index in [0.29, 0.717) is 12.5 Å². The van der Waals surface area contributed by atoms with Crippen molar-refractivity contribution in [2.24, 2.45) is 5.92 Å². The van der Waals surface area contributed by atoms with E-state index in [4.69, 9.17) is 4.74 Å². The number of ether oxygens (including phenoxy) is 1. The van der Waals surface area contributed by atoms with Crippen molar-refractivity contribution in [2.45, 2.75) is 20.3 Å². The highest BCUT2D eigenvalue weighted by molar-refractivity contribution is 5.78. The van der Waals surface area contributed by atoms with E-state index in [-0.39, 0.29) is 5.91 Å². The molecule has 0 saturated carbocycles. The van der Waals surface area contributed by atoms with Gasteiger partial charge in [-0.25, -0.2) is 0 Å². The van der Waals surface area contributed by atoms with Gasteiger partial charge in [0.1, 0.15) is 5.75 Å². The fourth-order valence-electron chi connectivity index (χ4n) is 2.72. The first-order valence-electron chi connectivity index (χ1n) is 8.46. The molecular weight excluding hydrogens is 290 g/mol. The van der Waals surface area contributed by atoms with E-state index in [1.807, 2.05) is 12.1 Å². The highest BCUT2D eigenvalue weighted by atomic mass is 16.5. The Hall–Kier alpha value is -1.75. The number of methoxy groups -OCH3 is 1. The molecule has 0 bridgehead atoms. The monoisotopic (exact) mass is 319 g/mol. The number of anilines is 1. The molecule has 5 heteroatoms. The maximum atomic E-state index is 11.9. The summed E-state index contributed by atoms with van der Waals surface area (Å²) in [7, 11) is 1.68. The lowest BCUT2D eigenvalue weighted by atomic mass is 10.1. The molecule has 0 spiro atoms. The summed E-state index contributed by atoms with van der Waals surface area (Å²) in [5.41, 5.74) is 1.21. The van der Waals surface area contributed by atoms with E-state index >= 15 is 0 Å². The molecule has 0 aliphatic carbocycles. The van der Waals surface area contributed by atoms with Crippen molar-refractivity contribution in [1.29, 1.82) is 0 Å². The van der Waals surface area contributed by atoms with Gasteiger partial charge in [-0.3, -0.25) is 9.69 Å². The predicted octanol–water partition coefficient (Wildman–Crippen LogP) is 1.98. The number of piperazine rings is 1. The number of carbonyl (C=O) groups is 1. The van der Waals surface area contributed by atoms with Crippen molar-refractivity contribution in [1.82, 2.24) is 10.2 Å². The topological polar surface area (TPSA) is 44.8 Å². The van der Waals surface area contributed by atoms with Gasteiger partial charge in [0, 0.05) is 38.4 Å². The van der Waals surface area contributed by atoms with E-state index in [0.717, 1.165) is 44.9 Å². The van der Waals surface area contributed by atoms with E-state index in [1.165, 1.54) is 5.69 Å². The zero-order chi connectivity index (χ0) is 16.7. The van der Waals surface area contributed by atoms with Crippen molar-refractivity contribution in [3.05, 3.63) is 24.3 Å². The fourth-order valence-corrected chi connectivity index (χ4v) is 2.72. The van der Waals surface area contributed by atoms with Crippen LogP contribution in [0.25, 0.3) is 0 Å². The number of benzene rings is 1. The second kappa shape index (κ2) is 8.77. The fraction of sp³-hybridized carbons (Fsp3) is 0.611. The summed E-state index contributed by atoms with van der Waals surface area (Å²) in [5.74, 6) is 1.65.